The average molecular weight is 229 g/mol. The van der Waals surface area contributed by atoms with Crippen LogP contribution in [-0.2, 0) is 6.54 Å². The van der Waals surface area contributed by atoms with Gasteiger partial charge in [-0.15, -0.1) is 6.58 Å². The second-order valence-electron chi connectivity index (χ2n) is 4.29. The Morgan fingerprint density at radius 2 is 2.18 bits per heavy atom. The van der Waals surface area contributed by atoms with Gasteiger partial charge >= 0.3 is 5.97 Å². The van der Waals surface area contributed by atoms with Crippen molar-refractivity contribution < 1.29 is 9.90 Å². The van der Waals surface area contributed by atoms with Gasteiger partial charge in [-0.2, -0.15) is 0 Å². The topological polar surface area (TPSA) is 42.2 Å². The molecule has 0 aliphatic carbocycles. The van der Waals surface area contributed by atoms with Crippen LogP contribution in [0, 0.1) is 0 Å². The molecule has 0 saturated heterocycles. The zero-order valence-corrected chi connectivity index (χ0v) is 9.81. The summed E-state index contributed by atoms with van der Waals surface area (Å²) in [6.45, 7) is 6.77. The maximum atomic E-state index is 10.8. The first kappa shape index (κ1) is 11.5. The average Bonchev–Trinajstić information content (AvgIpc) is 2.68. The molecular formula is C14H15NO2. The highest BCUT2D eigenvalue weighted by Gasteiger charge is 2.06. The monoisotopic (exact) mass is 229 g/mol. The highest BCUT2D eigenvalue weighted by molar-refractivity contribution is 5.93. The molecule has 1 aromatic carbocycles. The number of benzene rings is 1. The SMILES string of the molecule is C=C(C)CCn1ccc2cc(C(=O)O)ccc21. The van der Waals surface area contributed by atoms with E-state index >= 15 is 0 Å². The van der Waals surface area contributed by atoms with Crippen LogP contribution < -0.4 is 0 Å². The van der Waals surface area contributed by atoms with Gasteiger partial charge < -0.3 is 9.67 Å². The summed E-state index contributed by atoms with van der Waals surface area (Å²) in [5, 5.41) is 9.87. The molecule has 0 aliphatic heterocycles. The summed E-state index contributed by atoms with van der Waals surface area (Å²) < 4.78 is 2.12. The minimum Gasteiger partial charge on any atom is -0.478 e. The summed E-state index contributed by atoms with van der Waals surface area (Å²) in [6, 6.07) is 7.15. The standard InChI is InChI=1S/C14H15NO2/c1-10(2)5-7-15-8-6-11-9-12(14(16)17)3-4-13(11)15/h3-4,6,8-9H,1,5,7H2,2H3,(H,16,17). The zero-order valence-electron chi connectivity index (χ0n) is 9.81. The van der Waals surface area contributed by atoms with Crippen molar-refractivity contribution in [1.82, 2.24) is 4.57 Å². The molecule has 0 aliphatic rings. The number of aromatic carboxylic acids is 1. The van der Waals surface area contributed by atoms with Crippen LogP contribution in [0.1, 0.15) is 23.7 Å². The summed E-state index contributed by atoms with van der Waals surface area (Å²) in [7, 11) is 0. The Hall–Kier alpha value is -2.03. The number of aromatic nitrogens is 1. The first-order valence-corrected chi connectivity index (χ1v) is 5.54. The number of hydrogen-bond acceptors (Lipinski definition) is 1. The van der Waals surface area contributed by atoms with Gasteiger partial charge in [0.1, 0.15) is 0 Å². The molecule has 0 spiro atoms. The Bertz CT molecular complexity index is 581. The Kier molecular flexibility index (Phi) is 3.00. The molecule has 2 aromatic rings. The minimum atomic E-state index is -0.887. The Balaban J connectivity index is 2.34. The molecule has 0 unspecified atom stereocenters. The van der Waals surface area contributed by atoms with Gasteiger partial charge in [0.25, 0.3) is 0 Å². The zero-order chi connectivity index (χ0) is 12.4. The molecule has 0 radical (unpaired) electrons. The van der Waals surface area contributed by atoms with Crippen LogP contribution >= 0.6 is 0 Å². The van der Waals surface area contributed by atoms with Crippen molar-refractivity contribution in [2.45, 2.75) is 19.9 Å². The van der Waals surface area contributed by atoms with E-state index in [2.05, 4.69) is 11.1 Å². The number of carbonyl (C=O) groups is 1. The lowest BCUT2D eigenvalue weighted by Crippen LogP contribution is -1.98. The molecule has 3 heteroatoms. The van der Waals surface area contributed by atoms with E-state index in [1.807, 2.05) is 25.3 Å². The number of rotatable bonds is 4. The normalized spacial score (nSPS) is 10.6. The third-order valence-electron chi connectivity index (χ3n) is 2.80. The van der Waals surface area contributed by atoms with Crippen LogP contribution in [0.25, 0.3) is 10.9 Å². The van der Waals surface area contributed by atoms with Gasteiger partial charge in [0.2, 0.25) is 0 Å². The molecule has 1 N–H and O–H groups in total. The maximum Gasteiger partial charge on any atom is 0.335 e. The third-order valence-corrected chi connectivity index (χ3v) is 2.80. The van der Waals surface area contributed by atoms with E-state index in [1.165, 1.54) is 0 Å². The summed E-state index contributed by atoms with van der Waals surface area (Å²) in [5.41, 5.74) is 2.54. The van der Waals surface area contributed by atoms with Crippen molar-refractivity contribution in [2.24, 2.45) is 0 Å². The van der Waals surface area contributed by atoms with Crippen LogP contribution in [0.15, 0.2) is 42.6 Å². The summed E-state index contributed by atoms with van der Waals surface area (Å²) in [6.07, 6.45) is 2.92. The Morgan fingerprint density at radius 1 is 1.41 bits per heavy atom. The van der Waals surface area contributed by atoms with Crippen LogP contribution in [0.2, 0.25) is 0 Å². The van der Waals surface area contributed by atoms with Gasteiger partial charge in [-0.3, -0.25) is 0 Å². The number of allylic oxidation sites excluding steroid dienone is 1. The number of carboxylic acids is 1. The van der Waals surface area contributed by atoms with E-state index in [0.29, 0.717) is 5.56 Å². The fourth-order valence-corrected chi connectivity index (χ4v) is 1.84. The van der Waals surface area contributed by atoms with Gasteiger partial charge in [0.05, 0.1) is 5.56 Å². The summed E-state index contributed by atoms with van der Waals surface area (Å²) in [5.74, 6) is -0.887. The second kappa shape index (κ2) is 4.45. The van der Waals surface area contributed by atoms with Crippen molar-refractivity contribution in [1.29, 1.82) is 0 Å². The lowest BCUT2D eigenvalue weighted by molar-refractivity contribution is 0.0697. The predicted molar refractivity (Wildman–Crippen MR) is 68.3 cm³/mol. The minimum absolute atomic E-state index is 0.329. The second-order valence-corrected chi connectivity index (χ2v) is 4.29. The van der Waals surface area contributed by atoms with Gasteiger partial charge in [-0.25, -0.2) is 4.79 Å². The quantitative estimate of drug-likeness (QED) is 0.817. The van der Waals surface area contributed by atoms with E-state index in [0.717, 1.165) is 29.4 Å². The third kappa shape index (κ3) is 2.38. The molecule has 0 bridgehead atoms. The molecule has 88 valence electrons. The van der Waals surface area contributed by atoms with Crippen LogP contribution in [0.3, 0.4) is 0 Å². The number of hydrogen-bond donors (Lipinski definition) is 1. The van der Waals surface area contributed by atoms with Crippen molar-refractivity contribution in [3.8, 4) is 0 Å². The van der Waals surface area contributed by atoms with Crippen molar-refractivity contribution in [3.05, 3.63) is 48.2 Å². The van der Waals surface area contributed by atoms with Crippen molar-refractivity contribution in [2.75, 3.05) is 0 Å². The highest BCUT2D eigenvalue weighted by atomic mass is 16.4. The van der Waals surface area contributed by atoms with E-state index in [9.17, 15) is 4.79 Å². The van der Waals surface area contributed by atoms with Gasteiger partial charge in [-0.05, 0) is 37.6 Å². The lowest BCUT2D eigenvalue weighted by Gasteiger charge is -2.05. The number of fused-ring (bicyclic) bond motifs is 1. The van der Waals surface area contributed by atoms with E-state index < -0.39 is 5.97 Å². The smallest absolute Gasteiger partial charge is 0.335 e. The largest absolute Gasteiger partial charge is 0.478 e. The molecule has 3 nitrogen and oxygen atoms in total. The molecule has 0 amide bonds. The van der Waals surface area contributed by atoms with Crippen LogP contribution in [0.4, 0.5) is 0 Å². The molecule has 0 atom stereocenters. The molecular weight excluding hydrogens is 214 g/mol. The number of nitrogens with zero attached hydrogens (tertiary/aromatic N) is 1. The maximum absolute atomic E-state index is 10.8. The summed E-state index contributed by atoms with van der Waals surface area (Å²) in [4.78, 5) is 10.8. The molecule has 1 aromatic heterocycles. The predicted octanol–water partition coefficient (Wildman–Crippen LogP) is 3.31. The molecule has 17 heavy (non-hydrogen) atoms. The molecule has 2 rings (SSSR count). The molecule has 0 fully saturated rings. The number of aryl methyl sites for hydroxylation is 1. The molecule has 0 saturated carbocycles. The Labute approximate surface area is 100.0 Å². The fraction of sp³-hybridized carbons (Fsp3) is 0.214. The first-order valence-electron chi connectivity index (χ1n) is 5.54. The lowest BCUT2D eigenvalue weighted by atomic mass is 10.1. The van der Waals surface area contributed by atoms with Crippen LogP contribution in [0.5, 0.6) is 0 Å². The van der Waals surface area contributed by atoms with E-state index in [-0.39, 0.29) is 0 Å². The van der Waals surface area contributed by atoms with E-state index in [1.54, 1.807) is 12.1 Å². The van der Waals surface area contributed by atoms with Crippen molar-refractivity contribution >= 4 is 16.9 Å². The van der Waals surface area contributed by atoms with Crippen molar-refractivity contribution in [3.63, 3.8) is 0 Å². The fourth-order valence-electron chi connectivity index (χ4n) is 1.84. The first-order chi connectivity index (χ1) is 8.08. The van der Waals surface area contributed by atoms with Gasteiger partial charge in [0.15, 0.2) is 0 Å². The van der Waals surface area contributed by atoms with Gasteiger partial charge in [0, 0.05) is 23.6 Å². The van der Waals surface area contributed by atoms with E-state index in [4.69, 9.17) is 5.11 Å². The van der Waals surface area contributed by atoms with Gasteiger partial charge in [-0.1, -0.05) is 5.57 Å². The van der Waals surface area contributed by atoms with Crippen LogP contribution in [-0.4, -0.2) is 15.6 Å². The number of carboxylic acid groups (broad SMARTS) is 1. The Morgan fingerprint density at radius 3 is 2.82 bits per heavy atom. The molecule has 1 heterocycles. The summed E-state index contributed by atoms with van der Waals surface area (Å²) >= 11 is 0. The highest BCUT2D eigenvalue weighted by Crippen LogP contribution is 2.18.